The lowest BCUT2D eigenvalue weighted by Gasteiger charge is -2.34. The lowest BCUT2D eigenvalue weighted by atomic mass is 9.83. The van der Waals surface area contributed by atoms with Crippen molar-refractivity contribution in [3.63, 3.8) is 0 Å². The number of aromatic nitrogens is 2. The average Bonchev–Trinajstić information content (AvgIpc) is 2.85. The molecule has 0 spiro atoms. The Balaban J connectivity index is 1.65. The van der Waals surface area contributed by atoms with Crippen molar-refractivity contribution >= 4 is 19.7 Å². The van der Waals surface area contributed by atoms with Gasteiger partial charge in [0, 0.05) is 7.05 Å². The third-order valence-electron chi connectivity index (χ3n) is 5.67. The average molecular weight is 465 g/mol. The number of hydrogen-bond acceptors (Lipinski definition) is 5. The summed E-state index contributed by atoms with van der Waals surface area (Å²) in [5, 5.41) is 3.32. The molecule has 1 aromatic carbocycles. The van der Waals surface area contributed by atoms with Gasteiger partial charge in [-0.3, -0.25) is 4.68 Å². The van der Waals surface area contributed by atoms with E-state index in [1.807, 2.05) is 0 Å². The van der Waals surface area contributed by atoms with Crippen LogP contribution < -0.4 is 0 Å². The first kappa shape index (κ1) is 22.8. The highest BCUT2D eigenvalue weighted by Crippen LogP contribution is 2.40. The van der Waals surface area contributed by atoms with Crippen LogP contribution in [-0.2, 0) is 32.9 Å². The third-order valence-corrected chi connectivity index (χ3v) is 9.83. The van der Waals surface area contributed by atoms with E-state index in [1.54, 1.807) is 20.9 Å². The molecule has 0 amide bonds. The molecule has 1 saturated carbocycles. The summed E-state index contributed by atoms with van der Waals surface area (Å²) < 4.78 is 90.8. The number of halogens is 3. The van der Waals surface area contributed by atoms with Crippen LogP contribution >= 0.6 is 0 Å². The van der Waals surface area contributed by atoms with E-state index < -0.39 is 36.7 Å². The zero-order valence-corrected chi connectivity index (χ0v) is 18.4. The number of sulfone groups is 2. The highest BCUT2D eigenvalue weighted by atomic mass is 32.2. The molecule has 1 aromatic heterocycles. The fourth-order valence-corrected chi connectivity index (χ4v) is 7.75. The maximum Gasteiger partial charge on any atom is 0.416 e. The molecule has 6 nitrogen and oxygen atoms in total. The normalized spacial score (nSPS) is 20.2. The number of hydrogen-bond donors (Lipinski definition) is 0. The van der Waals surface area contributed by atoms with Gasteiger partial charge in [-0.15, -0.1) is 0 Å². The van der Waals surface area contributed by atoms with Gasteiger partial charge in [0.15, 0.2) is 19.7 Å². The van der Waals surface area contributed by atoms with E-state index in [-0.39, 0.29) is 34.3 Å². The van der Waals surface area contributed by atoms with Crippen molar-refractivity contribution in [2.75, 3.05) is 5.75 Å². The van der Waals surface area contributed by atoms with Crippen molar-refractivity contribution in [3.05, 3.63) is 41.2 Å². The molecule has 1 heterocycles. The van der Waals surface area contributed by atoms with E-state index in [9.17, 15) is 30.0 Å². The molecule has 166 valence electrons. The molecular formula is C19H23F3N2O4S2. The van der Waals surface area contributed by atoms with Crippen molar-refractivity contribution in [2.24, 2.45) is 13.0 Å². The van der Waals surface area contributed by atoms with E-state index in [4.69, 9.17) is 0 Å². The van der Waals surface area contributed by atoms with Gasteiger partial charge in [-0.2, -0.15) is 18.3 Å². The summed E-state index contributed by atoms with van der Waals surface area (Å²) in [6.45, 7) is 3.30. The minimum Gasteiger partial charge on any atom is -0.271 e. The molecule has 1 aliphatic carbocycles. The van der Waals surface area contributed by atoms with E-state index >= 15 is 0 Å². The smallest absolute Gasteiger partial charge is 0.271 e. The SMILES string of the molecule is Cc1nn(C)c(C)c1S(=O)(=O)CCC1CC(S(=O)(=O)c2cccc(C(F)(F)F)c2)C1. The van der Waals surface area contributed by atoms with Gasteiger partial charge in [0.1, 0.15) is 4.90 Å². The number of aryl methyl sites for hydroxylation is 2. The minimum atomic E-state index is -4.62. The predicted octanol–water partition coefficient (Wildman–Crippen LogP) is 3.47. The molecule has 30 heavy (non-hydrogen) atoms. The van der Waals surface area contributed by atoms with Gasteiger partial charge in [-0.05, 0) is 57.2 Å². The van der Waals surface area contributed by atoms with Crippen LogP contribution in [0.4, 0.5) is 13.2 Å². The van der Waals surface area contributed by atoms with Crippen LogP contribution in [0.15, 0.2) is 34.1 Å². The van der Waals surface area contributed by atoms with Gasteiger partial charge >= 0.3 is 6.18 Å². The first-order chi connectivity index (χ1) is 13.7. The highest BCUT2D eigenvalue weighted by molar-refractivity contribution is 7.92. The summed E-state index contributed by atoms with van der Waals surface area (Å²) in [6, 6.07) is 3.73. The molecule has 1 fully saturated rings. The van der Waals surface area contributed by atoms with Crippen LogP contribution in [0.2, 0.25) is 0 Å². The van der Waals surface area contributed by atoms with Crippen molar-refractivity contribution in [3.8, 4) is 0 Å². The lowest BCUT2D eigenvalue weighted by Crippen LogP contribution is -2.37. The van der Waals surface area contributed by atoms with Crippen molar-refractivity contribution in [1.29, 1.82) is 0 Å². The Hall–Kier alpha value is -1.88. The Morgan fingerprint density at radius 1 is 1.13 bits per heavy atom. The van der Waals surface area contributed by atoms with Crippen molar-refractivity contribution in [1.82, 2.24) is 9.78 Å². The summed E-state index contributed by atoms with van der Waals surface area (Å²) in [6.07, 6.45) is -3.85. The largest absolute Gasteiger partial charge is 0.416 e. The lowest BCUT2D eigenvalue weighted by molar-refractivity contribution is -0.137. The van der Waals surface area contributed by atoms with Crippen LogP contribution in [0.3, 0.4) is 0 Å². The Morgan fingerprint density at radius 2 is 1.77 bits per heavy atom. The second-order valence-corrected chi connectivity index (χ2v) is 12.0. The maximum atomic E-state index is 12.9. The summed E-state index contributed by atoms with van der Waals surface area (Å²) >= 11 is 0. The maximum absolute atomic E-state index is 12.9. The first-order valence-electron chi connectivity index (χ1n) is 9.37. The number of rotatable bonds is 6. The molecule has 2 aromatic rings. The van der Waals surface area contributed by atoms with Crippen molar-refractivity contribution in [2.45, 2.75) is 54.3 Å². The monoisotopic (exact) mass is 464 g/mol. The van der Waals surface area contributed by atoms with E-state index in [1.165, 1.54) is 4.68 Å². The third kappa shape index (κ3) is 4.27. The molecule has 0 bridgehead atoms. The molecule has 0 aliphatic heterocycles. The van der Waals surface area contributed by atoms with Crippen LogP contribution in [0.1, 0.15) is 36.2 Å². The Labute approximate surface area is 173 Å². The fraction of sp³-hybridized carbons (Fsp3) is 0.526. The number of nitrogens with zero attached hydrogens (tertiary/aromatic N) is 2. The quantitative estimate of drug-likeness (QED) is 0.654. The minimum absolute atomic E-state index is 0.109. The van der Waals surface area contributed by atoms with Gasteiger partial charge in [0.25, 0.3) is 0 Å². The van der Waals surface area contributed by atoms with Crippen LogP contribution in [0.25, 0.3) is 0 Å². The summed E-state index contributed by atoms with van der Waals surface area (Å²) in [4.78, 5) is -0.146. The zero-order valence-electron chi connectivity index (χ0n) is 16.8. The molecule has 0 atom stereocenters. The second kappa shape index (κ2) is 7.67. The molecule has 0 unspecified atom stereocenters. The second-order valence-electron chi connectivity index (χ2n) is 7.76. The fourth-order valence-electron chi connectivity index (χ4n) is 3.83. The van der Waals surface area contributed by atoms with Crippen molar-refractivity contribution < 1.29 is 30.0 Å². The molecule has 11 heteroatoms. The van der Waals surface area contributed by atoms with Gasteiger partial charge in [-0.25, -0.2) is 16.8 Å². The summed E-state index contributed by atoms with van der Waals surface area (Å²) in [5.41, 5.74) is -0.0347. The van der Waals surface area contributed by atoms with Gasteiger partial charge in [-0.1, -0.05) is 6.07 Å². The standard InChI is InChI=1S/C19H23F3N2O4S2/c1-12-18(13(2)24(3)23-12)29(25,26)8-7-14-9-17(10-14)30(27,28)16-6-4-5-15(11-16)19(20,21)22/h4-6,11,14,17H,7-10H2,1-3H3. The van der Waals surface area contributed by atoms with Gasteiger partial charge < -0.3 is 0 Å². The summed E-state index contributed by atoms with van der Waals surface area (Å²) in [7, 11) is -5.79. The van der Waals surface area contributed by atoms with Crippen LogP contribution in [0.5, 0.6) is 0 Å². The number of benzene rings is 1. The predicted molar refractivity (Wildman–Crippen MR) is 104 cm³/mol. The molecule has 0 radical (unpaired) electrons. The zero-order chi connectivity index (χ0) is 22.5. The topological polar surface area (TPSA) is 86.1 Å². The van der Waals surface area contributed by atoms with Crippen LogP contribution in [0, 0.1) is 19.8 Å². The Morgan fingerprint density at radius 3 is 2.30 bits per heavy atom. The molecule has 0 saturated heterocycles. The summed E-state index contributed by atoms with van der Waals surface area (Å²) in [5.74, 6) is -0.232. The van der Waals surface area contributed by atoms with E-state index in [0.29, 0.717) is 23.9 Å². The first-order valence-corrected chi connectivity index (χ1v) is 12.6. The van der Waals surface area contributed by atoms with E-state index in [0.717, 1.165) is 18.2 Å². The molecular weight excluding hydrogens is 441 g/mol. The molecule has 3 rings (SSSR count). The van der Waals surface area contributed by atoms with Gasteiger partial charge in [0.2, 0.25) is 0 Å². The Bertz CT molecular complexity index is 1160. The highest BCUT2D eigenvalue weighted by Gasteiger charge is 2.41. The van der Waals surface area contributed by atoms with Crippen LogP contribution in [-0.4, -0.2) is 37.6 Å². The molecule has 0 N–H and O–H groups in total. The Kier molecular flexibility index (Phi) is 5.83. The van der Waals surface area contributed by atoms with Gasteiger partial charge in [0.05, 0.1) is 32.8 Å². The number of alkyl halides is 3. The van der Waals surface area contributed by atoms with E-state index in [2.05, 4.69) is 5.10 Å². The molecule has 1 aliphatic rings.